The molecule has 86 valence electrons. The van der Waals surface area contributed by atoms with Crippen molar-refractivity contribution in [3.05, 3.63) is 0 Å². The minimum Gasteiger partial charge on any atom is -0.390 e. The van der Waals surface area contributed by atoms with Gasteiger partial charge in [0.05, 0.1) is 5.60 Å². The first-order chi connectivity index (χ1) is 5.75. The van der Waals surface area contributed by atoms with Crippen LogP contribution in [0.15, 0.2) is 0 Å². The second kappa shape index (κ2) is 3.34. The Bertz CT molecular complexity index is 164. The van der Waals surface area contributed by atoms with Crippen LogP contribution in [0.3, 0.4) is 0 Å². The fourth-order valence-corrected chi connectivity index (χ4v) is 2.96. The van der Waals surface area contributed by atoms with Crippen molar-refractivity contribution in [2.75, 3.05) is 0 Å². The maximum atomic E-state index is 10.4. The fourth-order valence-electron chi connectivity index (χ4n) is 2.96. The molecule has 1 nitrogen and oxygen atoms in total. The van der Waals surface area contributed by atoms with Gasteiger partial charge in [0, 0.05) is 10.2 Å². The van der Waals surface area contributed by atoms with E-state index in [1.807, 2.05) is 13.8 Å². The van der Waals surface area contributed by atoms with Crippen LogP contribution in [-0.2, 0) is 0 Å². The van der Waals surface area contributed by atoms with E-state index >= 15 is 0 Å². The van der Waals surface area contributed by atoms with Crippen LogP contribution in [0.25, 0.3) is 0 Å². The summed E-state index contributed by atoms with van der Waals surface area (Å²) >= 11 is 0. The Morgan fingerprint density at radius 1 is 0.714 bits per heavy atom. The number of hydrogen-bond donors (Lipinski definition) is 1. The van der Waals surface area contributed by atoms with Gasteiger partial charge in [0.15, 0.2) is 0 Å². The van der Waals surface area contributed by atoms with Gasteiger partial charge in [-0.3, -0.25) is 0 Å². The van der Waals surface area contributed by atoms with Gasteiger partial charge in [-0.25, -0.2) is 0 Å². The van der Waals surface area contributed by atoms with E-state index < -0.39 is 5.60 Å². The summed E-state index contributed by atoms with van der Waals surface area (Å²) in [6.45, 7) is 17.3. The van der Waals surface area contributed by atoms with E-state index in [9.17, 15) is 5.11 Å². The minimum atomic E-state index is -0.615. The quantitative estimate of drug-likeness (QED) is 0.667. The first-order valence-corrected chi connectivity index (χ1v) is 6.47. The highest BCUT2D eigenvalue weighted by Crippen LogP contribution is 2.61. The lowest BCUT2D eigenvalue weighted by Gasteiger charge is -2.58. The molecule has 0 amide bonds. The van der Waals surface area contributed by atoms with E-state index in [4.69, 9.17) is 0 Å². The zero-order chi connectivity index (χ0) is 12.0. The van der Waals surface area contributed by atoms with Crippen molar-refractivity contribution in [1.29, 1.82) is 0 Å². The standard InChI is InChI=1S/C12H28OSi/c1-9(2,3)12(14,10(4,5)6)11(7,8)13/h13H,1-8,14H3. The molecule has 0 saturated carbocycles. The molecule has 0 unspecified atom stereocenters. The van der Waals surface area contributed by atoms with E-state index in [1.54, 1.807) is 0 Å². The SMILES string of the molecule is CC(C)(C)C([SiH3])(C(C)(C)C)C(C)(C)O. The van der Waals surface area contributed by atoms with Gasteiger partial charge in [-0.1, -0.05) is 41.5 Å². The molecule has 14 heavy (non-hydrogen) atoms. The maximum Gasteiger partial charge on any atom is 0.0624 e. The Hall–Kier alpha value is 0.177. The summed E-state index contributed by atoms with van der Waals surface area (Å²) in [6, 6.07) is 0. The van der Waals surface area contributed by atoms with Crippen molar-refractivity contribution >= 4 is 10.2 Å². The summed E-state index contributed by atoms with van der Waals surface area (Å²) in [5, 5.41) is 10.4. The molecule has 0 heterocycles. The predicted molar refractivity (Wildman–Crippen MR) is 67.8 cm³/mol. The van der Waals surface area contributed by atoms with Crippen LogP contribution in [0, 0.1) is 10.8 Å². The second-order valence-corrected chi connectivity index (χ2v) is 8.68. The molecule has 0 aromatic heterocycles. The summed E-state index contributed by atoms with van der Waals surface area (Å²) in [5.74, 6) is 0. The average Bonchev–Trinajstić information content (AvgIpc) is 1.77. The van der Waals surface area contributed by atoms with Crippen molar-refractivity contribution < 1.29 is 5.11 Å². The third-order valence-corrected chi connectivity index (χ3v) is 8.45. The molecule has 0 spiro atoms. The lowest BCUT2D eigenvalue weighted by atomic mass is 9.59. The molecule has 0 bridgehead atoms. The summed E-state index contributed by atoms with van der Waals surface area (Å²) in [7, 11) is 0.995. The van der Waals surface area contributed by atoms with Crippen LogP contribution < -0.4 is 0 Å². The van der Waals surface area contributed by atoms with Crippen molar-refractivity contribution in [2.45, 2.75) is 66.0 Å². The van der Waals surface area contributed by atoms with Crippen LogP contribution in [0.4, 0.5) is 0 Å². The van der Waals surface area contributed by atoms with Crippen LogP contribution in [-0.4, -0.2) is 21.0 Å². The highest BCUT2D eigenvalue weighted by molar-refractivity contribution is 6.17. The van der Waals surface area contributed by atoms with Gasteiger partial charge in [-0.05, 0) is 29.7 Å². The fraction of sp³-hybridized carbons (Fsp3) is 1.00. The minimum absolute atomic E-state index is 0.00694. The van der Waals surface area contributed by atoms with Crippen LogP contribution >= 0.6 is 0 Å². The van der Waals surface area contributed by atoms with Crippen LogP contribution in [0.2, 0.25) is 5.04 Å². The molecule has 0 fully saturated rings. The number of rotatable bonds is 1. The zero-order valence-electron chi connectivity index (χ0n) is 11.4. The van der Waals surface area contributed by atoms with Gasteiger partial charge in [0.1, 0.15) is 0 Å². The van der Waals surface area contributed by atoms with Crippen molar-refractivity contribution in [2.24, 2.45) is 10.8 Å². The summed E-state index contributed by atoms with van der Waals surface area (Å²) < 4.78 is 0. The molecule has 0 atom stereocenters. The third-order valence-electron chi connectivity index (χ3n) is 4.22. The van der Waals surface area contributed by atoms with Crippen LogP contribution in [0.5, 0.6) is 0 Å². The van der Waals surface area contributed by atoms with Gasteiger partial charge in [-0.15, -0.1) is 0 Å². The van der Waals surface area contributed by atoms with Crippen molar-refractivity contribution in [1.82, 2.24) is 0 Å². The molecule has 0 aliphatic carbocycles. The topological polar surface area (TPSA) is 20.2 Å². The smallest absolute Gasteiger partial charge is 0.0624 e. The van der Waals surface area contributed by atoms with E-state index in [0.717, 1.165) is 10.2 Å². The van der Waals surface area contributed by atoms with E-state index in [-0.39, 0.29) is 15.9 Å². The number of aliphatic hydroxyl groups is 1. The monoisotopic (exact) mass is 216 g/mol. The first-order valence-electron chi connectivity index (χ1n) is 5.47. The van der Waals surface area contributed by atoms with Gasteiger partial charge in [-0.2, -0.15) is 0 Å². The lowest BCUT2D eigenvalue weighted by molar-refractivity contribution is -0.0697. The van der Waals surface area contributed by atoms with E-state index in [2.05, 4.69) is 41.5 Å². The molecule has 0 aromatic carbocycles. The van der Waals surface area contributed by atoms with Gasteiger partial charge in [0.25, 0.3) is 0 Å². The van der Waals surface area contributed by atoms with E-state index in [0.29, 0.717) is 0 Å². The molecule has 0 rings (SSSR count). The van der Waals surface area contributed by atoms with Gasteiger partial charge in [0.2, 0.25) is 0 Å². The Kier molecular flexibility index (Phi) is 3.38. The van der Waals surface area contributed by atoms with E-state index in [1.165, 1.54) is 0 Å². The molecular weight excluding hydrogens is 188 g/mol. The summed E-state index contributed by atoms with van der Waals surface area (Å²) in [6.07, 6.45) is 0. The van der Waals surface area contributed by atoms with Crippen molar-refractivity contribution in [3.8, 4) is 0 Å². The Labute approximate surface area is 92.7 Å². The average molecular weight is 216 g/mol. The highest BCUT2D eigenvalue weighted by Gasteiger charge is 2.55. The molecule has 2 heteroatoms. The molecule has 0 aliphatic rings. The second-order valence-electron chi connectivity index (χ2n) is 7.18. The molecule has 1 N–H and O–H groups in total. The van der Waals surface area contributed by atoms with Gasteiger partial charge >= 0.3 is 0 Å². The normalized spacial score (nSPS) is 16.1. The Balaban J connectivity index is 5.54. The molecule has 0 saturated heterocycles. The predicted octanol–water partition coefficient (Wildman–Crippen LogP) is 2.37. The summed E-state index contributed by atoms with van der Waals surface area (Å²) in [4.78, 5) is 0. The molecule has 0 aromatic rings. The van der Waals surface area contributed by atoms with Gasteiger partial charge < -0.3 is 5.11 Å². The molecule has 0 aliphatic heterocycles. The summed E-state index contributed by atoms with van der Waals surface area (Å²) in [5.41, 5.74) is -0.346. The highest BCUT2D eigenvalue weighted by atomic mass is 28.1. The third kappa shape index (κ3) is 2.06. The largest absolute Gasteiger partial charge is 0.390 e. The zero-order valence-corrected chi connectivity index (χ0v) is 13.4. The Morgan fingerprint density at radius 2 is 0.929 bits per heavy atom. The van der Waals surface area contributed by atoms with Crippen molar-refractivity contribution in [3.63, 3.8) is 0 Å². The molecular formula is C12H28OSi. The molecule has 0 radical (unpaired) electrons. The lowest BCUT2D eigenvalue weighted by Crippen LogP contribution is -2.53. The Morgan fingerprint density at radius 3 is 0.929 bits per heavy atom. The first kappa shape index (κ1) is 14.2. The van der Waals surface area contributed by atoms with Crippen LogP contribution in [0.1, 0.15) is 55.4 Å². The maximum absolute atomic E-state index is 10.4. The number of hydrogen-bond acceptors (Lipinski definition) is 1.